The van der Waals surface area contributed by atoms with Gasteiger partial charge in [-0.15, -0.1) is 0 Å². The van der Waals surface area contributed by atoms with Crippen LogP contribution in [0.15, 0.2) is 72.8 Å². The number of hydrogen-bond acceptors (Lipinski definition) is 3. The van der Waals surface area contributed by atoms with E-state index in [1.165, 1.54) is 0 Å². The molecule has 3 aromatic carbocycles. The largest absolute Gasteiger partial charge is 0.497 e. The Bertz CT molecular complexity index is 1020. The predicted molar refractivity (Wildman–Crippen MR) is 103 cm³/mol. The number of benzene rings is 3. The third kappa shape index (κ3) is 2.21. The lowest BCUT2D eigenvalue weighted by Gasteiger charge is -2.43. The lowest BCUT2D eigenvalue weighted by molar-refractivity contribution is 0.0851. The Balaban J connectivity index is 1.81. The lowest BCUT2D eigenvalue weighted by atomic mass is 9.57. The van der Waals surface area contributed by atoms with Gasteiger partial charge in [0.15, 0.2) is 11.6 Å². The number of rotatable bonds is 2. The SMILES string of the molecule is COc1cccc(C2C3C(=O)c4ccccc4C2C(=O)c2ccccc23)c1. The molecule has 3 nitrogen and oxygen atoms in total. The van der Waals surface area contributed by atoms with Crippen LogP contribution in [0.2, 0.25) is 0 Å². The number of carbonyl (C=O) groups is 2. The van der Waals surface area contributed by atoms with E-state index in [9.17, 15) is 9.59 Å². The Morgan fingerprint density at radius 2 is 1.26 bits per heavy atom. The number of ketones is 2. The summed E-state index contributed by atoms with van der Waals surface area (Å²) in [6.45, 7) is 0. The minimum atomic E-state index is -0.356. The maximum atomic E-state index is 13.5. The first-order chi connectivity index (χ1) is 13.2. The van der Waals surface area contributed by atoms with E-state index in [-0.39, 0.29) is 29.3 Å². The van der Waals surface area contributed by atoms with Crippen molar-refractivity contribution in [3.05, 3.63) is 101 Å². The van der Waals surface area contributed by atoms with Gasteiger partial charge in [0.25, 0.3) is 0 Å². The summed E-state index contributed by atoms with van der Waals surface area (Å²) in [4.78, 5) is 27.0. The second-order valence-electron chi connectivity index (χ2n) is 7.16. The Labute approximate surface area is 157 Å². The molecule has 0 saturated heterocycles. The van der Waals surface area contributed by atoms with Crippen LogP contribution in [-0.4, -0.2) is 18.7 Å². The maximum Gasteiger partial charge on any atom is 0.171 e. The molecule has 0 heterocycles. The van der Waals surface area contributed by atoms with Gasteiger partial charge in [0.05, 0.1) is 18.9 Å². The van der Waals surface area contributed by atoms with Crippen LogP contribution < -0.4 is 4.74 Å². The molecule has 2 bridgehead atoms. The number of ether oxygens (including phenoxy) is 1. The zero-order chi connectivity index (χ0) is 18.5. The molecule has 0 aliphatic heterocycles. The van der Waals surface area contributed by atoms with E-state index in [4.69, 9.17) is 4.74 Å². The van der Waals surface area contributed by atoms with Crippen LogP contribution >= 0.6 is 0 Å². The molecule has 2 aliphatic carbocycles. The predicted octanol–water partition coefficient (Wildman–Crippen LogP) is 4.74. The number of fused-ring (bicyclic) bond motifs is 6. The average Bonchev–Trinajstić information content (AvgIpc) is 2.73. The van der Waals surface area contributed by atoms with E-state index in [0.717, 1.165) is 22.4 Å². The van der Waals surface area contributed by atoms with Gasteiger partial charge in [0.1, 0.15) is 5.75 Å². The van der Waals surface area contributed by atoms with E-state index in [1.807, 2.05) is 72.8 Å². The fraction of sp³-hybridized carbons (Fsp3) is 0.167. The minimum Gasteiger partial charge on any atom is -0.497 e. The molecule has 0 spiro atoms. The molecule has 27 heavy (non-hydrogen) atoms. The molecular formula is C24H18O3. The second-order valence-corrected chi connectivity index (χ2v) is 7.16. The highest BCUT2D eigenvalue weighted by Crippen LogP contribution is 2.55. The molecule has 2 atom stereocenters. The van der Waals surface area contributed by atoms with Crippen LogP contribution in [0, 0.1) is 0 Å². The summed E-state index contributed by atoms with van der Waals surface area (Å²) >= 11 is 0. The first kappa shape index (κ1) is 16.0. The zero-order valence-electron chi connectivity index (χ0n) is 14.9. The molecule has 132 valence electrons. The molecule has 0 aromatic heterocycles. The van der Waals surface area contributed by atoms with Crippen molar-refractivity contribution in [3.63, 3.8) is 0 Å². The molecule has 2 unspecified atom stereocenters. The molecule has 0 saturated carbocycles. The van der Waals surface area contributed by atoms with Gasteiger partial charge in [-0.25, -0.2) is 0 Å². The van der Waals surface area contributed by atoms with Gasteiger partial charge in [0.2, 0.25) is 0 Å². The van der Waals surface area contributed by atoms with Crippen molar-refractivity contribution in [3.8, 4) is 5.75 Å². The number of methoxy groups -OCH3 is 1. The van der Waals surface area contributed by atoms with Gasteiger partial charge in [-0.2, -0.15) is 0 Å². The summed E-state index contributed by atoms with van der Waals surface area (Å²) in [6, 6.07) is 22.8. The maximum absolute atomic E-state index is 13.5. The van der Waals surface area contributed by atoms with Gasteiger partial charge in [0, 0.05) is 17.0 Å². The van der Waals surface area contributed by atoms with E-state index in [1.54, 1.807) is 7.11 Å². The number of hydrogen-bond donors (Lipinski definition) is 0. The van der Waals surface area contributed by atoms with Crippen LogP contribution in [0.4, 0.5) is 0 Å². The highest BCUT2D eigenvalue weighted by Gasteiger charge is 2.51. The van der Waals surface area contributed by atoms with Crippen LogP contribution in [0.1, 0.15) is 55.2 Å². The van der Waals surface area contributed by atoms with E-state index in [0.29, 0.717) is 11.1 Å². The Morgan fingerprint density at radius 3 is 1.81 bits per heavy atom. The standard InChI is InChI=1S/C24H18O3/c1-27-15-8-6-7-14(13-15)20-21-16-9-2-4-11-18(16)23(25)22(20)17-10-3-5-12-19(17)24(21)26/h2-13,20-22H,1H3. The van der Waals surface area contributed by atoms with E-state index < -0.39 is 0 Å². The summed E-state index contributed by atoms with van der Waals surface area (Å²) in [5.41, 5.74) is 4.00. The van der Waals surface area contributed by atoms with Crippen molar-refractivity contribution >= 4 is 11.6 Å². The van der Waals surface area contributed by atoms with Crippen LogP contribution in [-0.2, 0) is 0 Å². The van der Waals surface area contributed by atoms with Crippen molar-refractivity contribution in [2.24, 2.45) is 0 Å². The molecule has 0 radical (unpaired) electrons. The first-order valence-corrected chi connectivity index (χ1v) is 9.11. The molecule has 3 aromatic rings. The van der Waals surface area contributed by atoms with Gasteiger partial charge in [-0.05, 0) is 28.8 Å². The molecule has 5 rings (SSSR count). The van der Waals surface area contributed by atoms with Crippen molar-refractivity contribution in [2.45, 2.75) is 17.8 Å². The molecule has 0 amide bonds. The zero-order valence-corrected chi connectivity index (χ0v) is 14.9. The summed E-state index contributed by atoms with van der Waals surface area (Å²) in [6.07, 6.45) is 0. The van der Waals surface area contributed by atoms with Crippen molar-refractivity contribution in [2.75, 3.05) is 7.11 Å². The normalized spacial score (nSPS) is 22.8. The van der Waals surface area contributed by atoms with Crippen molar-refractivity contribution < 1.29 is 14.3 Å². The van der Waals surface area contributed by atoms with E-state index >= 15 is 0 Å². The van der Waals surface area contributed by atoms with Crippen molar-refractivity contribution in [1.29, 1.82) is 0 Å². The Morgan fingerprint density at radius 1 is 0.704 bits per heavy atom. The quantitative estimate of drug-likeness (QED) is 0.668. The van der Waals surface area contributed by atoms with Gasteiger partial charge >= 0.3 is 0 Å². The highest BCUT2D eigenvalue weighted by atomic mass is 16.5. The summed E-state index contributed by atoms with van der Waals surface area (Å²) in [5, 5.41) is 0. The number of Topliss-reactive ketones (excluding diaryl/α,β-unsaturated/α-hetero) is 2. The van der Waals surface area contributed by atoms with Crippen LogP contribution in [0.25, 0.3) is 0 Å². The fourth-order valence-corrected chi connectivity index (χ4v) is 4.74. The molecule has 0 N–H and O–H groups in total. The highest BCUT2D eigenvalue weighted by molar-refractivity contribution is 6.15. The summed E-state index contributed by atoms with van der Waals surface area (Å²) < 4.78 is 5.39. The van der Waals surface area contributed by atoms with E-state index in [2.05, 4.69) is 0 Å². The van der Waals surface area contributed by atoms with Crippen LogP contribution in [0.3, 0.4) is 0 Å². The number of carbonyl (C=O) groups excluding carboxylic acids is 2. The molecule has 3 heteroatoms. The molecular weight excluding hydrogens is 336 g/mol. The summed E-state index contributed by atoms with van der Waals surface area (Å²) in [7, 11) is 1.63. The third-order valence-electron chi connectivity index (χ3n) is 5.88. The summed E-state index contributed by atoms with van der Waals surface area (Å²) in [5.74, 6) is -0.0106. The Hall–Kier alpha value is -3.20. The Kier molecular flexibility index (Phi) is 3.51. The monoisotopic (exact) mass is 354 g/mol. The van der Waals surface area contributed by atoms with Gasteiger partial charge < -0.3 is 4.74 Å². The smallest absolute Gasteiger partial charge is 0.171 e. The minimum absolute atomic E-state index is 0.0922. The fourth-order valence-electron chi connectivity index (χ4n) is 4.74. The molecule has 0 fully saturated rings. The van der Waals surface area contributed by atoms with Crippen LogP contribution in [0.5, 0.6) is 5.75 Å². The topological polar surface area (TPSA) is 43.4 Å². The third-order valence-corrected chi connectivity index (χ3v) is 5.88. The second kappa shape index (κ2) is 5.92. The van der Waals surface area contributed by atoms with Crippen molar-refractivity contribution in [1.82, 2.24) is 0 Å². The average molecular weight is 354 g/mol. The van der Waals surface area contributed by atoms with Gasteiger partial charge in [-0.1, -0.05) is 60.7 Å². The van der Waals surface area contributed by atoms with Gasteiger partial charge in [-0.3, -0.25) is 9.59 Å². The molecule has 2 aliphatic rings. The lowest BCUT2D eigenvalue weighted by Crippen LogP contribution is -2.40. The first-order valence-electron chi connectivity index (χ1n) is 9.11.